The van der Waals surface area contributed by atoms with E-state index in [0.29, 0.717) is 17.9 Å². The van der Waals surface area contributed by atoms with E-state index in [1.807, 2.05) is 12.2 Å². The first kappa shape index (κ1) is 25.5. The highest BCUT2D eigenvalue weighted by Crippen LogP contribution is 2.38. The summed E-state index contributed by atoms with van der Waals surface area (Å²) in [4.78, 5) is 0. The van der Waals surface area contributed by atoms with E-state index in [-0.39, 0.29) is 17.4 Å². The van der Waals surface area contributed by atoms with Crippen molar-refractivity contribution in [3.05, 3.63) is 94.8 Å². The lowest BCUT2D eigenvalue weighted by Gasteiger charge is -2.30. The van der Waals surface area contributed by atoms with Crippen molar-refractivity contribution >= 4 is 0 Å². The zero-order valence-electron chi connectivity index (χ0n) is 17.7. The first-order chi connectivity index (χ1) is 15.9. The van der Waals surface area contributed by atoms with E-state index >= 15 is 4.39 Å². The van der Waals surface area contributed by atoms with Crippen molar-refractivity contribution in [3.63, 3.8) is 0 Å². The van der Waals surface area contributed by atoms with Crippen LogP contribution in [-0.2, 0) is 12.0 Å². The van der Waals surface area contributed by atoms with E-state index in [0.717, 1.165) is 11.6 Å². The molecule has 0 aliphatic heterocycles. The van der Waals surface area contributed by atoms with Crippen LogP contribution in [0.25, 0.3) is 0 Å². The minimum Gasteiger partial charge on any atom is -0.457 e. The maximum atomic E-state index is 16.3. The van der Waals surface area contributed by atoms with Crippen LogP contribution in [0.4, 0.5) is 30.7 Å². The van der Waals surface area contributed by atoms with Gasteiger partial charge in [-0.05, 0) is 43.3 Å². The van der Waals surface area contributed by atoms with Crippen molar-refractivity contribution in [1.82, 2.24) is 5.32 Å². The summed E-state index contributed by atoms with van der Waals surface area (Å²) in [7, 11) is 0. The molecule has 0 amide bonds. The minimum absolute atomic E-state index is 0.104. The summed E-state index contributed by atoms with van der Waals surface area (Å²) in [6.07, 6.45) is -10.4. The summed E-state index contributed by atoms with van der Waals surface area (Å²) in [6.45, 7) is 0.845. The summed E-state index contributed by atoms with van der Waals surface area (Å²) in [5.74, 6) is -4.13. The summed E-state index contributed by atoms with van der Waals surface area (Å²) >= 11 is 0. The number of hydrogen-bond donors (Lipinski definition) is 2. The molecule has 0 fully saturated rings. The van der Waals surface area contributed by atoms with E-state index in [1.165, 1.54) is 18.2 Å². The van der Waals surface area contributed by atoms with E-state index in [9.17, 15) is 31.4 Å². The van der Waals surface area contributed by atoms with Gasteiger partial charge in [0.2, 0.25) is 5.79 Å². The van der Waals surface area contributed by atoms with Crippen LogP contribution in [0, 0.1) is 12.7 Å². The van der Waals surface area contributed by atoms with Gasteiger partial charge in [0.25, 0.3) is 6.43 Å². The third-order valence-corrected chi connectivity index (χ3v) is 5.00. The Hall–Kier alpha value is -3.11. The SMILES string of the molecule is Cc1ccc(Oc2cccc(C(F)(NCC(O)C(F)F)c3ccc(C(F)(F)F)cc3F)c2)cc1. The maximum Gasteiger partial charge on any atom is 0.416 e. The van der Waals surface area contributed by atoms with E-state index in [2.05, 4.69) is 0 Å². The molecular formula is C24H20F7NO2. The molecule has 3 rings (SSSR count). The summed E-state index contributed by atoms with van der Waals surface area (Å²) in [5, 5.41) is 11.5. The van der Waals surface area contributed by atoms with Crippen molar-refractivity contribution in [2.75, 3.05) is 6.54 Å². The summed E-state index contributed by atoms with van der Waals surface area (Å²) < 4.78 is 101. The quantitative estimate of drug-likeness (QED) is 0.288. The van der Waals surface area contributed by atoms with E-state index < -0.39 is 48.0 Å². The Morgan fingerprint density at radius 1 is 0.882 bits per heavy atom. The number of aryl methyl sites for hydroxylation is 1. The minimum atomic E-state index is -4.88. The van der Waals surface area contributed by atoms with Crippen LogP contribution in [0.15, 0.2) is 66.7 Å². The van der Waals surface area contributed by atoms with Gasteiger partial charge in [0.15, 0.2) is 0 Å². The van der Waals surface area contributed by atoms with Crippen molar-refractivity contribution in [2.45, 2.75) is 31.4 Å². The molecule has 0 aliphatic carbocycles. The molecule has 0 aromatic heterocycles. The van der Waals surface area contributed by atoms with Gasteiger partial charge >= 0.3 is 6.18 Å². The molecule has 3 aromatic rings. The fourth-order valence-corrected chi connectivity index (χ4v) is 3.17. The summed E-state index contributed by atoms with van der Waals surface area (Å²) in [6, 6.07) is 13.1. The first-order valence-electron chi connectivity index (χ1n) is 10.0. The topological polar surface area (TPSA) is 41.5 Å². The molecule has 3 aromatic carbocycles. The van der Waals surface area contributed by atoms with E-state index in [1.54, 1.807) is 24.3 Å². The molecular weight excluding hydrogens is 467 g/mol. The third-order valence-electron chi connectivity index (χ3n) is 5.00. The number of halogens is 7. The fourth-order valence-electron chi connectivity index (χ4n) is 3.17. The predicted molar refractivity (Wildman–Crippen MR) is 111 cm³/mol. The lowest BCUT2D eigenvalue weighted by atomic mass is 9.93. The second-order valence-electron chi connectivity index (χ2n) is 7.58. The Morgan fingerprint density at radius 2 is 1.56 bits per heavy atom. The second kappa shape index (κ2) is 10.0. The number of ether oxygens (including phenoxy) is 1. The number of alkyl halides is 6. The molecule has 0 heterocycles. The average molecular weight is 487 g/mol. The third kappa shape index (κ3) is 5.87. The van der Waals surface area contributed by atoms with Crippen LogP contribution < -0.4 is 10.1 Å². The van der Waals surface area contributed by atoms with Crippen molar-refractivity contribution < 1.29 is 40.6 Å². The number of aliphatic hydroxyl groups excluding tert-OH is 1. The largest absolute Gasteiger partial charge is 0.457 e. The van der Waals surface area contributed by atoms with Gasteiger partial charge in [-0.1, -0.05) is 35.9 Å². The molecule has 10 heteroatoms. The Labute approximate surface area is 190 Å². The van der Waals surface area contributed by atoms with Crippen LogP contribution in [0.3, 0.4) is 0 Å². The fraction of sp³-hybridized carbons (Fsp3) is 0.250. The summed E-state index contributed by atoms with van der Waals surface area (Å²) in [5.41, 5.74) is -1.60. The molecule has 2 unspecified atom stereocenters. The molecule has 0 spiro atoms. The number of benzene rings is 3. The smallest absolute Gasteiger partial charge is 0.416 e. The molecule has 0 radical (unpaired) electrons. The average Bonchev–Trinajstić information content (AvgIpc) is 2.78. The molecule has 0 saturated carbocycles. The van der Waals surface area contributed by atoms with Gasteiger partial charge in [-0.15, -0.1) is 0 Å². The van der Waals surface area contributed by atoms with Gasteiger partial charge in [0.1, 0.15) is 23.4 Å². The number of aliphatic hydroxyl groups is 1. The molecule has 3 nitrogen and oxygen atoms in total. The highest BCUT2D eigenvalue weighted by molar-refractivity contribution is 5.43. The van der Waals surface area contributed by atoms with Crippen LogP contribution >= 0.6 is 0 Å². The predicted octanol–water partition coefficient (Wildman–Crippen LogP) is 6.33. The van der Waals surface area contributed by atoms with Gasteiger partial charge < -0.3 is 9.84 Å². The molecule has 2 N–H and O–H groups in total. The number of rotatable bonds is 8. The number of hydrogen-bond acceptors (Lipinski definition) is 3. The van der Waals surface area contributed by atoms with Crippen molar-refractivity contribution in [2.24, 2.45) is 0 Å². The zero-order chi connectivity index (χ0) is 25.1. The zero-order valence-corrected chi connectivity index (χ0v) is 17.7. The standard InChI is InChI=1S/C24H20F7NO2/c1-14-5-8-17(9-6-14)34-18-4-2-3-15(11-18)23(28,32-13-21(33)22(26)27)19-10-7-16(12-20(19)25)24(29,30)31/h2-12,21-22,32-33H,13H2,1H3. The van der Waals surface area contributed by atoms with Crippen LogP contribution in [0.2, 0.25) is 0 Å². The second-order valence-corrected chi connectivity index (χ2v) is 7.58. The van der Waals surface area contributed by atoms with Gasteiger partial charge in [-0.2, -0.15) is 13.2 Å². The molecule has 34 heavy (non-hydrogen) atoms. The lowest BCUT2D eigenvalue weighted by molar-refractivity contribution is -0.137. The molecule has 2 atom stereocenters. The van der Waals surface area contributed by atoms with E-state index in [4.69, 9.17) is 4.74 Å². The molecule has 182 valence electrons. The molecule has 0 saturated heterocycles. The van der Waals surface area contributed by atoms with Crippen molar-refractivity contribution in [1.29, 1.82) is 0 Å². The Bertz CT molecular complexity index is 1120. The van der Waals surface area contributed by atoms with Gasteiger partial charge in [0, 0.05) is 17.7 Å². The van der Waals surface area contributed by atoms with Crippen molar-refractivity contribution in [3.8, 4) is 11.5 Å². The maximum absolute atomic E-state index is 16.3. The number of nitrogens with one attached hydrogen (secondary N) is 1. The normalized spacial score (nSPS) is 14.6. The Kier molecular flexibility index (Phi) is 7.52. The highest BCUT2D eigenvalue weighted by Gasteiger charge is 2.40. The van der Waals surface area contributed by atoms with Gasteiger partial charge in [-0.25, -0.2) is 17.6 Å². The monoisotopic (exact) mass is 487 g/mol. The first-order valence-corrected chi connectivity index (χ1v) is 10.0. The van der Waals surface area contributed by atoms with Crippen LogP contribution in [-0.4, -0.2) is 24.2 Å². The lowest BCUT2D eigenvalue weighted by Crippen LogP contribution is -2.45. The molecule has 0 aliphatic rings. The highest BCUT2D eigenvalue weighted by atomic mass is 19.4. The van der Waals surface area contributed by atoms with Crippen LogP contribution in [0.1, 0.15) is 22.3 Å². The Morgan fingerprint density at radius 3 is 2.15 bits per heavy atom. The molecule has 0 bridgehead atoms. The van der Waals surface area contributed by atoms with Gasteiger partial charge in [0.05, 0.1) is 5.56 Å². The Balaban J connectivity index is 2.03. The van der Waals surface area contributed by atoms with Crippen LogP contribution in [0.5, 0.6) is 11.5 Å². The van der Waals surface area contributed by atoms with Gasteiger partial charge in [-0.3, -0.25) is 5.32 Å².